The molecule has 3 heterocycles. The molecule has 1 aliphatic rings. The van der Waals surface area contributed by atoms with Gasteiger partial charge in [0.15, 0.2) is 5.82 Å². The minimum Gasteiger partial charge on any atom is -0.356 e. The van der Waals surface area contributed by atoms with E-state index >= 15 is 0 Å². The van der Waals surface area contributed by atoms with Crippen LogP contribution in [0.3, 0.4) is 0 Å². The third-order valence-electron chi connectivity index (χ3n) is 4.99. The number of nitrogens with zero attached hydrogens (tertiary/aromatic N) is 2. The van der Waals surface area contributed by atoms with Gasteiger partial charge in [-0.1, -0.05) is 54.6 Å². The zero-order valence-corrected chi connectivity index (χ0v) is 15.1. The highest BCUT2D eigenvalue weighted by molar-refractivity contribution is 5.97. The zero-order valence-electron chi connectivity index (χ0n) is 15.1. The zero-order chi connectivity index (χ0) is 18.9. The highest BCUT2D eigenvalue weighted by atomic mass is 16.1. The van der Waals surface area contributed by atoms with Gasteiger partial charge in [-0.15, -0.1) is 0 Å². The Bertz CT molecular complexity index is 1150. The van der Waals surface area contributed by atoms with Crippen molar-refractivity contribution in [3.63, 3.8) is 0 Å². The third-order valence-corrected chi connectivity index (χ3v) is 4.99. The summed E-state index contributed by atoms with van der Waals surface area (Å²) in [6, 6.07) is 22.2. The average molecular weight is 366 g/mol. The van der Waals surface area contributed by atoms with Gasteiger partial charge in [0, 0.05) is 30.4 Å². The molecule has 0 bridgehead atoms. The van der Waals surface area contributed by atoms with Crippen molar-refractivity contribution in [2.45, 2.75) is 6.42 Å². The smallest absolute Gasteiger partial charge is 0.253 e. The van der Waals surface area contributed by atoms with Crippen molar-refractivity contribution in [1.29, 1.82) is 0 Å². The van der Waals surface area contributed by atoms with Gasteiger partial charge in [0.25, 0.3) is 5.91 Å². The number of rotatable bonds is 3. The summed E-state index contributed by atoms with van der Waals surface area (Å²) in [5.74, 6) is 0.628. The minimum absolute atomic E-state index is 0.0328. The van der Waals surface area contributed by atoms with Crippen molar-refractivity contribution in [3.05, 3.63) is 84.2 Å². The summed E-state index contributed by atoms with van der Waals surface area (Å²) < 4.78 is 0. The van der Waals surface area contributed by atoms with Gasteiger partial charge in [0.05, 0.1) is 17.0 Å². The molecule has 0 unspecified atom stereocenters. The summed E-state index contributed by atoms with van der Waals surface area (Å²) >= 11 is 0. The standard InChI is InChI=1S/C23H18N4O/c28-23-18-14-21(26-19(18)10-13-25-23)20-11-12-24-22(27-20)17-8-6-16(7-9-17)15-4-2-1-3-5-15/h1-9,11-12,14,26H,10,13H2,(H,25,28). The molecule has 5 nitrogen and oxygen atoms in total. The predicted octanol–water partition coefficient (Wildman–Crippen LogP) is 4.09. The summed E-state index contributed by atoms with van der Waals surface area (Å²) in [5.41, 5.74) is 6.57. The summed E-state index contributed by atoms with van der Waals surface area (Å²) in [7, 11) is 0. The number of benzene rings is 2. The van der Waals surface area contributed by atoms with E-state index in [2.05, 4.69) is 39.6 Å². The lowest BCUT2D eigenvalue weighted by atomic mass is 10.0. The highest BCUT2D eigenvalue weighted by Crippen LogP contribution is 2.26. The molecule has 0 aliphatic carbocycles. The van der Waals surface area contributed by atoms with Crippen molar-refractivity contribution >= 4 is 5.91 Å². The van der Waals surface area contributed by atoms with Crippen LogP contribution in [0, 0.1) is 0 Å². The lowest BCUT2D eigenvalue weighted by molar-refractivity contribution is 0.0946. The molecule has 136 valence electrons. The Morgan fingerprint density at radius 2 is 1.61 bits per heavy atom. The molecule has 0 spiro atoms. The monoisotopic (exact) mass is 366 g/mol. The maximum Gasteiger partial charge on any atom is 0.253 e. The number of fused-ring (bicyclic) bond motifs is 1. The van der Waals surface area contributed by atoms with Gasteiger partial charge in [-0.05, 0) is 23.3 Å². The molecule has 5 heteroatoms. The van der Waals surface area contributed by atoms with Crippen molar-refractivity contribution in [3.8, 4) is 33.9 Å². The Balaban J connectivity index is 1.47. The van der Waals surface area contributed by atoms with Gasteiger partial charge >= 0.3 is 0 Å². The van der Waals surface area contributed by atoms with Crippen LogP contribution in [0.15, 0.2) is 72.9 Å². The van der Waals surface area contributed by atoms with E-state index in [1.807, 2.05) is 42.5 Å². The summed E-state index contributed by atoms with van der Waals surface area (Å²) in [5, 5.41) is 2.87. The van der Waals surface area contributed by atoms with Crippen molar-refractivity contribution in [1.82, 2.24) is 20.3 Å². The first-order chi connectivity index (χ1) is 13.8. The molecule has 28 heavy (non-hydrogen) atoms. The Morgan fingerprint density at radius 3 is 2.39 bits per heavy atom. The van der Waals surface area contributed by atoms with Crippen molar-refractivity contribution in [2.24, 2.45) is 0 Å². The molecule has 0 saturated heterocycles. The van der Waals surface area contributed by atoms with E-state index in [1.165, 1.54) is 5.56 Å². The fourth-order valence-electron chi connectivity index (χ4n) is 3.52. The molecule has 0 fully saturated rings. The molecule has 4 aromatic rings. The average Bonchev–Trinajstić information content (AvgIpc) is 3.21. The normalized spacial score (nSPS) is 13.1. The second-order valence-electron chi connectivity index (χ2n) is 6.79. The first-order valence-corrected chi connectivity index (χ1v) is 9.27. The Kier molecular flexibility index (Phi) is 3.98. The van der Waals surface area contributed by atoms with E-state index in [0.717, 1.165) is 34.6 Å². The van der Waals surface area contributed by atoms with Crippen LogP contribution in [0.5, 0.6) is 0 Å². The van der Waals surface area contributed by atoms with Crippen LogP contribution < -0.4 is 5.32 Å². The Morgan fingerprint density at radius 1 is 0.857 bits per heavy atom. The van der Waals surface area contributed by atoms with Gasteiger partial charge in [-0.25, -0.2) is 9.97 Å². The molecular formula is C23H18N4O. The molecule has 0 radical (unpaired) electrons. The largest absolute Gasteiger partial charge is 0.356 e. The Hall–Kier alpha value is -3.73. The topological polar surface area (TPSA) is 70.7 Å². The van der Waals surface area contributed by atoms with Gasteiger partial charge in [-0.3, -0.25) is 4.79 Å². The van der Waals surface area contributed by atoms with Gasteiger partial charge in [0.1, 0.15) is 0 Å². The van der Waals surface area contributed by atoms with Crippen LogP contribution in [0.2, 0.25) is 0 Å². The first kappa shape index (κ1) is 16.4. The van der Waals surface area contributed by atoms with Crippen molar-refractivity contribution in [2.75, 3.05) is 6.54 Å². The second-order valence-corrected chi connectivity index (χ2v) is 6.79. The summed E-state index contributed by atoms with van der Waals surface area (Å²) in [4.78, 5) is 24.5. The number of carbonyl (C=O) groups is 1. The van der Waals surface area contributed by atoms with Crippen molar-refractivity contribution < 1.29 is 4.79 Å². The molecule has 1 amide bonds. The van der Waals surface area contributed by atoms with E-state index < -0.39 is 0 Å². The van der Waals surface area contributed by atoms with Gasteiger partial charge < -0.3 is 10.3 Å². The van der Waals surface area contributed by atoms with E-state index in [9.17, 15) is 4.79 Å². The fourth-order valence-corrected chi connectivity index (χ4v) is 3.52. The van der Waals surface area contributed by atoms with Crippen LogP contribution in [0.25, 0.3) is 33.9 Å². The Labute approximate surface area is 162 Å². The molecule has 1 aliphatic heterocycles. The summed E-state index contributed by atoms with van der Waals surface area (Å²) in [6.45, 7) is 0.661. The summed E-state index contributed by atoms with van der Waals surface area (Å²) in [6.07, 6.45) is 2.56. The molecule has 0 atom stereocenters. The molecule has 0 saturated carbocycles. The first-order valence-electron chi connectivity index (χ1n) is 9.27. The molecule has 2 aromatic heterocycles. The number of aromatic nitrogens is 3. The maximum absolute atomic E-state index is 12.0. The van der Waals surface area contributed by atoms with Crippen LogP contribution >= 0.6 is 0 Å². The lowest BCUT2D eigenvalue weighted by Gasteiger charge is -2.10. The number of aromatic amines is 1. The lowest BCUT2D eigenvalue weighted by Crippen LogP contribution is -2.31. The van der Waals surface area contributed by atoms with Gasteiger partial charge in [-0.2, -0.15) is 0 Å². The van der Waals surface area contributed by atoms with E-state index in [1.54, 1.807) is 6.20 Å². The molecular weight excluding hydrogens is 348 g/mol. The third kappa shape index (κ3) is 2.97. The maximum atomic E-state index is 12.0. The van der Waals surface area contributed by atoms with E-state index in [-0.39, 0.29) is 5.91 Å². The minimum atomic E-state index is -0.0328. The van der Waals surface area contributed by atoms with Crippen LogP contribution in [-0.4, -0.2) is 27.4 Å². The van der Waals surface area contributed by atoms with Gasteiger partial charge in [0.2, 0.25) is 0 Å². The van der Waals surface area contributed by atoms with E-state index in [4.69, 9.17) is 4.98 Å². The van der Waals surface area contributed by atoms with Crippen LogP contribution in [-0.2, 0) is 6.42 Å². The quantitative estimate of drug-likeness (QED) is 0.574. The molecule has 2 aromatic carbocycles. The fraction of sp³-hybridized carbons (Fsp3) is 0.0870. The van der Waals surface area contributed by atoms with Crippen LogP contribution in [0.4, 0.5) is 0 Å². The number of H-pyrrole nitrogens is 1. The highest BCUT2D eigenvalue weighted by Gasteiger charge is 2.20. The number of hydrogen-bond donors (Lipinski definition) is 2. The van der Waals surface area contributed by atoms with Crippen LogP contribution in [0.1, 0.15) is 16.1 Å². The number of hydrogen-bond acceptors (Lipinski definition) is 3. The SMILES string of the molecule is O=C1NCCc2[nH]c(-c3ccnc(-c4ccc(-c5ccccc5)cc4)n3)cc21. The number of nitrogens with one attached hydrogen (secondary N) is 2. The van der Waals surface area contributed by atoms with E-state index in [0.29, 0.717) is 17.9 Å². The number of amides is 1. The molecule has 5 rings (SSSR count). The predicted molar refractivity (Wildman–Crippen MR) is 109 cm³/mol. The second kappa shape index (κ2) is 6.78. The number of carbonyl (C=O) groups excluding carboxylic acids is 1. The molecule has 2 N–H and O–H groups in total.